The van der Waals surface area contributed by atoms with E-state index < -0.39 is 0 Å². The van der Waals surface area contributed by atoms with E-state index in [1.807, 2.05) is 18.2 Å². The zero-order valence-electron chi connectivity index (χ0n) is 12.0. The quantitative estimate of drug-likeness (QED) is 0.382. The number of hydrogen-bond donors (Lipinski definition) is 2. The van der Waals surface area contributed by atoms with Gasteiger partial charge in [0.15, 0.2) is 5.84 Å². The summed E-state index contributed by atoms with van der Waals surface area (Å²) in [5.41, 5.74) is 7.49. The van der Waals surface area contributed by atoms with Crippen molar-refractivity contribution in [3.63, 3.8) is 0 Å². The predicted molar refractivity (Wildman–Crippen MR) is 85.5 cm³/mol. The Balaban J connectivity index is 2.21. The number of anilines is 1. The van der Waals surface area contributed by atoms with Crippen molar-refractivity contribution in [1.29, 1.82) is 0 Å². The Morgan fingerprint density at radius 1 is 1.45 bits per heavy atom. The molecule has 0 spiro atoms. The van der Waals surface area contributed by atoms with Crippen LogP contribution in [0, 0.1) is 5.92 Å². The normalized spacial score (nSPS) is 23.6. The lowest BCUT2D eigenvalue weighted by Gasteiger charge is -2.23. The molecule has 1 heterocycles. The van der Waals surface area contributed by atoms with E-state index in [1.165, 1.54) is 0 Å². The largest absolute Gasteiger partial charge is 0.409 e. The van der Waals surface area contributed by atoms with Gasteiger partial charge in [0, 0.05) is 34.9 Å². The number of hydrogen-bond acceptors (Lipinski definition) is 4. The van der Waals surface area contributed by atoms with Crippen molar-refractivity contribution in [2.75, 3.05) is 32.1 Å². The van der Waals surface area contributed by atoms with Gasteiger partial charge in [0.25, 0.3) is 0 Å². The van der Waals surface area contributed by atoms with Crippen molar-refractivity contribution in [2.45, 2.75) is 13.0 Å². The highest BCUT2D eigenvalue weighted by molar-refractivity contribution is 9.10. The Morgan fingerprint density at radius 2 is 2.15 bits per heavy atom. The van der Waals surface area contributed by atoms with Gasteiger partial charge >= 0.3 is 0 Å². The minimum atomic E-state index is 0.115. The first-order valence-corrected chi connectivity index (χ1v) is 7.42. The fraction of sp³-hybridized carbons (Fsp3) is 0.500. The van der Waals surface area contributed by atoms with Crippen LogP contribution < -0.4 is 10.6 Å². The van der Waals surface area contributed by atoms with Gasteiger partial charge in [0.05, 0.1) is 0 Å². The van der Waals surface area contributed by atoms with Crippen LogP contribution in [0.15, 0.2) is 27.8 Å². The third kappa shape index (κ3) is 2.91. The molecule has 0 bridgehead atoms. The molecule has 5 nitrogen and oxygen atoms in total. The number of halogens is 1. The fourth-order valence-electron chi connectivity index (χ4n) is 2.79. The third-order valence-electron chi connectivity index (χ3n) is 3.94. The van der Waals surface area contributed by atoms with Gasteiger partial charge in [-0.2, -0.15) is 0 Å². The summed E-state index contributed by atoms with van der Waals surface area (Å²) in [7, 11) is 4.25. The predicted octanol–water partition coefficient (Wildman–Crippen LogP) is 1.93. The first kappa shape index (κ1) is 15.1. The van der Waals surface area contributed by atoms with Crippen molar-refractivity contribution in [2.24, 2.45) is 16.8 Å². The molecular formula is C14H21BrN4O. The van der Waals surface area contributed by atoms with Crippen molar-refractivity contribution >= 4 is 27.5 Å². The minimum absolute atomic E-state index is 0.115. The molecule has 2 atom stereocenters. The lowest BCUT2D eigenvalue weighted by atomic mass is 10.1. The minimum Gasteiger partial charge on any atom is -0.409 e. The summed E-state index contributed by atoms with van der Waals surface area (Å²) < 4.78 is 0.839. The molecule has 3 N–H and O–H groups in total. The molecule has 1 aromatic rings. The van der Waals surface area contributed by atoms with Crippen molar-refractivity contribution in [1.82, 2.24) is 4.90 Å². The summed E-state index contributed by atoms with van der Waals surface area (Å²) in [6.45, 7) is 4.34. The summed E-state index contributed by atoms with van der Waals surface area (Å²) >= 11 is 3.49. The molecular weight excluding hydrogens is 320 g/mol. The van der Waals surface area contributed by atoms with Gasteiger partial charge in [-0.3, -0.25) is 0 Å². The van der Waals surface area contributed by atoms with E-state index in [1.54, 1.807) is 0 Å². The van der Waals surface area contributed by atoms with Gasteiger partial charge < -0.3 is 20.7 Å². The first-order chi connectivity index (χ1) is 9.43. The van der Waals surface area contributed by atoms with Gasteiger partial charge in [-0.25, -0.2) is 0 Å². The Morgan fingerprint density at radius 3 is 2.65 bits per heavy atom. The zero-order chi connectivity index (χ0) is 14.9. The smallest absolute Gasteiger partial charge is 0.171 e. The molecule has 2 rings (SSSR count). The highest BCUT2D eigenvalue weighted by Crippen LogP contribution is 2.29. The lowest BCUT2D eigenvalue weighted by molar-refractivity contribution is 0.266. The molecule has 6 heteroatoms. The number of likely N-dealkylation sites (N-methyl/N-ethyl adjacent to an activating group) is 1. The van der Waals surface area contributed by atoms with Crippen molar-refractivity contribution in [3.8, 4) is 0 Å². The van der Waals surface area contributed by atoms with Crippen LogP contribution in [0.1, 0.15) is 12.5 Å². The second kappa shape index (κ2) is 6.01. The maximum absolute atomic E-state index is 8.75. The molecule has 2 unspecified atom stereocenters. The fourth-order valence-corrected chi connectivity index (χ4v) is 3.36. The lowest BCUT2D eigenvalue weighted by Crippen LogP contribution is -2.34. The molecule has 1 aliphatic rings. The number of oxime groups is 1. The zero-order valence-corrected chi connectivity index (χ0v) is 13.6. The van der Waals surface area contributed by atoms with Crippen molar-refractivity contribution in [3.05, 3.63) is 28.2 Å². The average molecular weight is 341 g/mol. The van der Waals surface area contributed by atoms with E-state index in [4.69, 9.17) is 10.9 Å². The highest BCUT2D eigenvalue weighted by atomic mass is 79.9. The van der Waals surface area contributed by atoms with E-state index in [0.29, 0.717) is 17.5 Å². The first-order valence-electron chi connectivity index (χ1n) is 6.63. The topological polar surface area (TPSA) is 65.1 Å². The number of benzene rings is 1. The summed E-state index contributed by atoms with van der Waals surface area (Å²) in [6.07, 6.45) is 0. The van der Waals surface area contributed by atoms with Gasteiger partial charge in [-0.05, 0) is 54.1 Å². The second-order valence-corrected chi connectivity index (χ2v) is 6.42. The SMILES string of the molecule is CC1CN(c2ccc(/C(N)=N/O)c(Br)c2)CC1N(C)C. The van der Waals surface area contributed by atoms with E-state index in [0.717, 1.165) is 23.2 Å². The molecule has 0 aromatic heterocycles. The molecule has 0 amide bonds. The molecule has 1 aliphatic heterocycles. The monoisotopic (exact) mass is 340 g/mol. The van der Waals surface area contributed by atoms with Crippen LogP contribution in [0.4, 0.5) is 5.69 Å². The van der Waals surface area contributed by atoms with E-state index in [2.05, 4.69) is 51.9 Å². The second-order valence-electron chi connectivity index (χ2n) is 5.56. The standard InChI is InChI=1S/C14H21BrN4O/c1-9-7-19(8-13(9)18(2)3)10-4-5-11(12(15)6-10)14(16)17-20/h4-6,9,13,20H,7-8H2,1-3H3,(H2,16,17). The van der Waals surface area contributed by atoms with Crippen LogP contribution >= 0.6 is 15.9 Å². The number of nitrogens with zero attached hydrogens (tertiary/aromatic N) is 3. The van der Waals surface area contributed by atoms with Crippen LogP contribution in [0.5, 0.6) is 0 Å². The Labute approximate surface area is 128 Å². The molecule has 20 heavy (non-hydrogen) atoms. The van der Waals surface area contributed by atoms with Crippen molar-refractivity contribution < 1.29 is 5.21 Å². The molecule has 1 saturated heterocycles. The van der Waals surface area contributed by atoms with Crippen LogP contribution in [-0.4, -0.2) is 49.2 Å². The summed E-state index contributed by atoms with van der Waals surface area (Å²) in [4.78, 5) is 4.65. The third-order valence-corrected chi connectivity index (χ3v) is 4.59. The maximum atomic E-state index is 8.75. The summed E-state index contributed by atoms with van der Waals surface area (Å²) in [6, 6.07) is 6.49. The number of amidine groups is 1. The Hall–Kier alpha value is -1.27. The van der Waals surface area contributed by atoms with E-state index in [9.17, 15) is 0 Å². The summed E-state index contributed by atoms with van der Waals surface area (Å²) in [5, 5.41) is 11.8. The average Bonchev–Trinajstić information content (AvgIpc) is 2.80. The summed E-state index contributed by atoms with van der Waals surface area (Å²) in [5.74, 6) is 0.747. The Bertz CT molecular complexity index is 518. The molecule has 1 fully saturated rings. The molecule has 0 aliphatic carbocycles. The van der Waals surface area contributed by atoms with Gasteiger partial charge in [-0.1, -0.05) is 12.1 Å². The van der Waals surface area contributed by atoms with Gasteiger partial charge in [0.1, 0.15) is 0 Å². The van der Waals surface area contributed by atoms with E-state index >= 15 is 0 Å². The molecule has 0 radical (unpaired) electrons. The van der Waals surface area contributed by atoms with Crippen LogP contribution in [0.3, 0.4) is 0 Å². The highest BCUT2D eigenvalue weighted by Gasteiger charge is 2.31. The Kier molecular flexibility index (Phi) is 4.55. The van der Waals surface area contributed by atoms with Gasteiger partial charge in [0.2, 0.25) is 0 Å². The van der Waals surface area contributed by atoms with Gasteiger partial charge in [-0.15, -0.1) is 0 Å². The molecule has 1 aromatic carbocycles. The molecule has 110 valence electrons. The molecule has 0 saturated carbocycles. The van der Waals surface area contributed by atoms with Crippen LogP contribution in [0.25, 0.3) is 0 Å². The number of rotatable bonds is 3. The maximum Gasteiger partial charge on any atom is 0.171 e. The van der Waals surface area contributed by atoms with Crippen LogP contribution in [-0.2, 0) is 0 Å². The number of nitrogens with two attached hydrogens (primary N) is 1. The van der Waals surface area contributed by atoms with E-state index in [-0.39, 0.29) is 5.84 Å². The van der Waals surface area contributed by atoms with Crippen LogP contribution in [0.2, 0.25) is 0 Å².